The highest BCUT2D eigenvalue weighted by atomic mass is 35.5. The zero-order valence-electron chi connectivity index (χ0n) is 17.4. The molecule has 0 aliphatic carbocycles. The number of carbonyl (C=O) groups is 1. The molecule has 2 aromatic rings. The minimum atomic E-state index is -3.57. The highest BCUT2D eigenvalue weighted by Crippen LogP contribution is 2.27. The Morgan fingerprint density at radius 1 is 1.07 bits per heavy atom. The smallest absolute Gasteiger partial charge is 0.243 e. The van der Waals surface area contributed by atoms with Gasteiger partial charge in [-0.25, -0.2) is 8.42 Å². The lowest BCUT2D eigenvalue weighted by atomic mass is 9.93. The first-order chi connectivity index (χ1) is 14.3. The lowest BCUT2D eigenvalue weighted by Gasteiger charge is -2.32. The van der Waals surface area contributed by atoms with Crippen molar-refractivity contribution in [2.24, 2.45) is 11.8 Å². The fraction of sp³-hybridized carbons (Fsp3) is 0.435. The van der Waals surface area contributed by atoms with Crippen molar-refractivity contribution in [1.82, 2.24) is 9.62 Å². The summed E-state index contributed by atoms with van der Waals surface area (Å²) in [5, 5.41) is 3.70. The quantitative estimate of drug-likeness (QED) is 0.670. The molecular weight excluding hydrogens is 420 g/mol. The summed E-state index contributed by atoms with van der Waals surface area (Å²) >= 11 is 5.87. The lowest BCUT2D eigenvalue weighted by Crippen LogP contribution is -2.43. The Bertz CT molecular complexity index is 938. The Hall–Kier alpha value is -1.89. The molecule has 0 radical (unpaired) electrons. The van der Waals surface area contributed by atoms with Crippen LogP contribution >= 0.6 is 11.6 Å². The predicted molar refractivity (Wildman–Crippen MR) is 120 cm³/mol. The molecule has 162 valence electrons. The van der Waals surface area contributed by atoms with Gasteiger partial charge in [-0.1, -0.05) is 55.8 Å². The maximum absolute atomic E-state index is 12.9. The summed E-state index contributed by atoms with van der Waals surface area (Å²) in [4.78, 5) is 13.2. The van der Waals surface area contributed by atoms with Gasteiger partial charge in [-0.2, -0.15) is 4.31 Å². The Labute approximate surface area is 184 Å². The van der Waals surface area contributed by atoms with E-state index in [1.165, 1.54) is 16.4 Å². The van der Waals surface area contributed by atoms with E-state index in [-0.39, 0.29) is 22.8 Å². The van der Waals surface area contributed by atoms with Crippen molar-refractivity contribution in [3.05, 3.63) is 65.2 Å². The SMILES string of the molecule is CC(C)C[C@@H](NC(=O)C1CCN(S(=O)(=O)c2ccc(Cl)cc2)CC1)c1ccccc1. The maximum atomic E-state index is 12.9. The van der Waals surface area contributed by atoms with Crippen LogP contribution in [-0.4, -0.2) is 31.7 Å². The van der Waals surface area contributed by atoms with Crippen LogP contribution in [0, 0.1) is 11.8 Å². The van der Waals surface area contributed by atoms with Crippen molar-refractivity contribution in [3.8, 4) is 0 Å². The fourth-order valence-corrected chi connectivity index (χ4v) is 5.43. The van der Waals surface area contributed by atoms with E-state index in [9.17, 15) is 13.2 Å². The number of amides is 1. The Kier molecular flexibility index (Phi) is 7.55. The van der Waals surface area contributed by atoms with Crippen molar-refractivity contribution >= 4 is 27.5 Å². The summed E-state index contributed by atoms with van der Waals surface area (Å²) in [6.45, 7) is 4.96. The average molecular weight is 449 g/mol. The Morgan fingerprint density at radius 3 is 2.23 bits per heavy atom. The molecule has 7 heteroatoms. The summed E-state index contributed by atoms with van der Waals surface area (Å²) in [5.74, 6) is 0.273. The van der Waals surface area contributed by atoms with E-state index < -0.39 is 10.0 Å². The monoisotopic (exact) mass is 448 g/mol. The van der Waals surface area contributed by atoms with Gasteiger partial charge >= 0.3 is 0 Å². The number of hydrogen-bond acceptors (Lipinski definition) is 3. The van der Waals surface area contributed by atoms with Crippen molar-refractivity contribution in [3.63, 3.8) is 0 Å². The van der Waals surface area contributed by atoms with Gasteiger partial charge in [0.05, 0.1) is 10.9 Å². The van der Waals surface area contributed by atoms with Crippen molar-refractivity contribution in [2.75, 3.05) is 13.1 Å². The second-order valence-electron chi connectivity index (χ2n) is 8.23. The van der Waals surface area contributed by atoms with Gasteiger partial charge in [0, 0.05) is 24.0 Å². The number of benzene rings is 2. The fourth-order valence-electron chi connectivity index (χ4n) is 3.84. The van der Waals surface area contributed by atoms with Crippen LogP contribution < -0.4 is 5.32 Å². The first-order valence-corrected chi connectivity index (χ1v) is 12.2. The van der Waals surface area contributed by atoms with E-state index in [2.05, 4.69) is 19.2 Å². The largest absolute Gasteiger partial charge is 0.349 e. The van der Waals surface area contributed by atoms with E-state index >= 15 is 0 Å². The number of sulfonamides is 1. The third kappa shape index (κ3) is 5.62. The number of nitrogens with zero attached hydrogens (tertiary/aromatic N) is 1. The van der Waals surface area contributed by atoms with Crippen LogP contribution in [0.1, 0.15) is 44.7 Å². The minimum absolute atomic E-state index is 0.00745. The molecule has 1 aliphatic heterocycles. The van der Waals surface area contributed by atoms with Crippen LogP contribution in [0.25, 0.3) is 0 Å². The first kappa shape index (κ1) is 22.8. The van der Waals surface area contributed by atoms with E-state index in [1.54, 1.807) is 12.1 Å². The number of hydrogen-bond donors (Lipinski definition) is 1. The number of nitrogens with one attached hydrogen (secondary N) is 1. The minimum Gasteiger partial charge on any atom is -0.349 e. The van der Waals surface area contributed by atoms with Crippen LogP contribution in [0.15, 0.2) is 59.5 Å². The van der Waals surface area contributed by atoms with Crippen LogP contribution in [-0.2, 0) is 14.8 Å². The zero-order valence-corrected chi connectivity index (χ0v) is 19.0. The van der Waals surface area contributed by atoms with Gasteiger partial charge in [0.15, 0.2) is 0 Å². The normalized spacial score (nSPS) is 17.1. The van der Waals surface area contributed by atoms with Crippen molar-refractivity contribution in [1.29, 1.82) is 0 Å². The summed E-state index contributed by atoms with van der Waals surface area (Å²) in [7, 11) is -3.57. The lowest BCUT2D eigenvalue weighted by molar-refractivity contribution is -0.127. The van der Waals surface area contributed by atoms with E-state index in [1.807, 2.05) is 30.3 Å². The van der Waals surface area contributed by atoms with E-state index in [4.69, 9.17) is 11.6 Å². The molecule has 0 saturated carbocycles. The molecule has 0 unspecified atom stereocenters. The first-order valence-electron chi connectivity index (χ1n) is 10.4. The van der Waals surface area contributed by atoms with Gasteiger partial charge in [-0.05, 0) is 55.0 Å². The summed E-state index contributed by atoms with van der Waals surface area (Å²) in [5.41, 5.74) is 1.10. The average Bonchev–Trinajstić information content (AvgIpc) is 2.74. The molecule has 0 aromatic heterocycles. The second-order valence-corrected chi connectivity index (χ2v) is 10.6. The highest BCUT2D eigenvalue weighted by molar-refractivity contribution is 7.89. The summed E-state index contributed by atoms with van der Waals surface area (Å²) in [6, 6.07) is 16.2. The number of halogens is 1. The van der Waals surface area contributed by atoms with Crippen LogP contribution in [0.3, 0.4) is 0 Å². The van der Waals surface area contributed by atoms with Gasteiger partial charge in [-0.15, -0.1) is 0 Å². The Balaban J connectivity index is 1.62. The molecule has 1 saturated heterocycles. The molecule has 1 aliphatic rings. The zero-order chi connectivity index (χ0) is 21.7. The van der Waals surface area contributed by atoms with Gasteiger partial charge < -0.3 is 5.32 Å². The molecule has 1 N–H and O–H groups in total. The molecular formula is C23H29ClN2O3S. The predicted octanol–water partition coefficient (Wildman–Crippen LogP) is 4.64. The number of piperidine rings is 1. The maximum Gasteiger partial charge on any atom is 0.243 e. The van der Waals surface area contributed by atoms with E-state index in [0.29, 0.717) is 36.9 Å². The molecule has 1 heterocycles. The van der Waals surface area contributed by atoms with Crippen LogP contribution in [0.4, 0.5) is 0 Å². The molecule has 1 atom stereocenters. The molecule has 1 fully saturated rings. The van der Waals surface area contributed by atoms with Crippen molar-refractivity contribution < 1.29 is 13.2 Å². The molecule has 2 aromatic carbocycles. The van der Waals surface area contributed by atoms with Gasteiger partial charge in [-0.3, -0.25) is 4.79 Å². The molecule has 0 spiro atoms. The standard InChI is InChI=1S/C23H29ClN2O3S/c1-17(2)16-22(18-6-4-3-5-7-18)25-23(27)19-12-14-26(15-13-19)30(28,29)21-10-8-20(24)9-11-21/h3-11,17,19,22H,12-16H2,1-2H3,(H,25,27)/t22-/m1/s1. The molecule has 0 bridgehead atoms. The van der Waals surface area contributed by atoms with E-state index in [0.717, 1.165) is 12.0 Å². The van der Waals surface area contributed by atoms with Crippen LogP contribution in [0.2, 0.25) is 5.02 Å². The third-order valence-electron chi connectivity index (χ3n) is 5.50. The topological polar surface area (TPSA) is 66.5 Å². The molecule has 5 nitrogen and oxygen atoms in total. The second kappa shape index (κ2) is 9.94. The van der Waals surface area contributed by atoms with Gasteiger partial charge in [0.2, 0.25) is 15.9 Å². The molecule has 3 rings (SSSR count). The highest BCUT2D eigenvalue weighted by Gasteiger charge is 2.32. The summed E-state index contributed by atoms with van der Waals surface area (Å²) in [6.07, 6.45) is 1.89. The Morgan fingerprint density at radius 2 is 1.67 bits per heavy atom. The van der Waals surface area contributed by atoms with Gasteiger partial charge in [0.25, 0.3) is 0 Å². The summed E-state index contributed by atoms with van der Waals surface area (Å²) < 4.78 is 27.1. The number of rotatable bonds is 7. The van der Waals surface area contributed by atoms with Gasteiger partial charge in [0.1, 0.15) is 0 Å². The van der Waals surface area contributed by atoms with Crippen molar-refractivity contribution in [2.45, 2.75) is 44.0 Å². The van der Waals surface area contributed by atoms with Crippen LogP contribution in [0.5, 0.6) is 0 Å². The number of carbonyl (C=O) groups excluding carboxylic acids is 1. The molecule has 1 amide bonds. The molecule has 30 heavy (non-hydrogen) atoms. The third-order valence-corrected chi connectivity index (χ3v) is 7.67.